The predicted octanol–water partition coefficient (Wildman–Crippen LogP) is 7.29. The van der Waals surface area contributed by atoms with Gasteiger partial charge in [-0.2, -0.15) is 0 Å². The summed E-state index contributed by atoms with van der Waals surface area (Å²) in [5, 5.41) is 0. The van der Waals surface area contributed by atoms with E-state index in [9.17, 15) is 4.79 Å². The van der Waals surface area contributed by atoms with Crippen molar-refractivity contribution >= 4 is 5.78 Å². The van der Waals surface area contributed by atoms with Gasteiger partial charge in [0.1, 0.15) is 5.78 Å². The summed E-state index contributed by atoms with van der Waals surface area (Å²) < 4.78 is 0. The third-order valence-corrected chi connectivity index (χ3v) is 11.6. The number of hydrogen-bond acceptors (Lipinski definition) is 1. The first-order chi connectivity index (χ1) is 13.3. The lowest BCUT2D eigenvalue weighted by atomic mass is 9.50. The lowest BCUT2D eigenvalue weighted by Crippen LogP contribution is -2.48. The molecule has 1 spiro atoms. The Kier molecular flexibility index (Phi) is 4.44. The van der Waals surface area contributed by atoms with Gasteiger partial charge in [0.05, 0.1) is 0 Å². The SMILES string of the molecule is CC(C)CCC[C@@H](C)[C@H]1CC[C@@H]2[C@@H]3CC[C@]45CCC(=O)[C@H]4[C@]5(C)[C@@H]3CC[C@@]21C. The molecule has 1 heteroatoms. The number of carbonyl (C=O) groups excluding carboxylic acids is 1. The Bertz CT molecular complexity index is 651. The zero-order chi connectivity index (χ0) is 19.9. The molecule has 158 valence electrons. The van der Waals surface area contributed by atoms with Crippen LogP contribution in [0.5, 0.6) is 0 Å². The second-order valence-electron chi connectivity index (χ2n) is 12.8. The zero-order valence-electron chi connectivity index (χ0n) is 19.2. The van der Waals surface area contributed by atoms with Crippen molar-refractivity contribution in [1.82, 2.24) is 0 Å². The molecular formula is C27H44O. The predicted molar refractivity (Wildman–Crippen MR) is 116 cm³/mol. The minimum absolute atomic E-state index is 0.396. The van der Waals surface area contributed by atoms with E-state index in [-0.39, 0.29) is 0 Å². The van der Waals surface area contributed by atoms with Gasteiger partial charge in [-0.25, -0.2) is 0 Å². The molecule has 0 heterocycles. The molecule has 0 aromatic rings. The maximum atomic E-state index is 12.6. The van der Waals surface area contributed by atoms with Gasteiger partial charge in [-0.1, -0.05) is 53.9 Å². The Balaban J connectivity index is 1.32. The third kappa shape index (κ3) is 2.34. The van der Waals surface area contributed by atoms with E-state index in [0.29, 0.717) is 27.9 Å². The fourth-order valence-corrected chi connectivity index (χ4v) is 10.3. The highest BCUT2D eigenvalue weighted by molar-refractivity contribution is 5.90. The van der Waals surface area contributed by atoms with Crippen molar-refractivity contribution in [1.29, 1.82) is 0 Å². The number of carbonyl (C=O) groups is 1. The summed E-state index contributed by atoms with van der Waals surface area (Å²) in [4.78, 5) is 12.6. The molecule has 0 bridgehead atoms. The van der Waals surface area contributed by atoms with Gasteiger partial charge in [-0.15, -0.1) is 0 Å². The molecule has 5 aliphatic carbocycles. The third-order valence-electron chi connectivity index (χ3n) is 11.6. The summed E-state index contributed by atoms with van der Waals surface area (Å²) in [5.41, 5.74) is 1.45. The van der Waals surface area contributed by atoms with Gasteiger partial charge in [0.25, 0.3) is 0 Å². The maximum Gasteiger partial charge on any atom is 0.137 e. The summed E-state index contributed by atoms with van der Waals surface area (Å²) in [6, 6.07) is 0. The van der Waals surface area contributed by atoms with Crippen LogP contribution in [0.15, 0.2) is 0 Å². The zero-order valence-corrected chi connectivity index (χ0v) is 19.2. The fourth-order valence-electron chi connectivity index (χ4n) is 10.3. The average Bonchev–Trinajstić information content (AvgIpc) is 2.87. The van der Waals surface area contributed by atoms with Crippen molar-refractivity contribution in [2.24, 2.45) is 57.7 Å². The molecule has 0 N–H and O–H groups in total. The minimum Gasteiger partial charge on any atom is -0.299 e. The van der Waals surface area contributed by atoms with E-state index in [1.807, 2.05) is 0 Å². The van der Waals surface area contributed by atoms with Crippen LogP contribution in [0.3, 0.4) is 0 Å². The van der Waals surface area contributed by atoms with Gasteiger partial charge < -0.3 is 0 Å². The first kappa shape index (κ1) is 19.6. The van der Waals surface area contributed by atoms with Crippen molar-refractivity contribution in [3.8, 4) is 0 Å². The molecule has 0 radical (unpaired) electrons. The molecular weight excluding hydrogens is 340 g/mol. The molecule has 0 unspecified atom stereocenters. The number of fused-ring (bicyclic) bond motifs is 5. The van der Waals surface area contributed by atoms with Crippen LogP contribution in [0, 0.1) is 57.7 Å². The molecule has 9 atom stereocenters. The average molecular weight is 385 g/mol. The molecule has 0 aromatic heterocycles. The molecule has 5 saturated carbocycles. The van der Waals surface area contributed by atoms with Crippen molar-refractivity contribution in [2.75, 3.05) is 0 Å². The molecule has 28 heavy (non-hydrogen) atoms. The number of hydrogen-bond donors (Lipinski definition) is 0. The Morgan fingerprint density at radius 2 is 1.71 bits per heavy atom. The van der Waals surface area contributed by atoms with Gasteiger partial charge in [0.2, 0.25) is 0 Å². The van der Waals surface area contributed by atoms with Crippen LogP contribution in [0.25, 0.3) is 0 Å². The maximum absolute atomic E-state index is 12.6. The van der Waals surface area contributed by atoms with Crippen LogP contribution < -0.4 is 0 Å². The van der Waals surface area contributed by atoms with Crippen molar-refractivity contribution in [3.05, 3.63) is 0 Å². The first-order valence-corrected chi connectivity index (χ1v) is 12.8. The highest BCUT2D eigenvalue weighted by Crippen LogP contribution is 2.85. The van der Waals surface area contributed by atoms with E-state index in [4.69, 9.17) is 0 Å². The topological polar surface area (TPSA) is 17.1 Å². The van der Waals surface area contributed by atoms with Crippen molar-refractivity contribution < 1.29 is 4.79 Å². The number of Topliss-reactive ketones (excluding diaryl/α,β-unsaturated/α-hetero) is 1. The lowest BCUT2D eigenvalue weighted by molar-refractivity contribution is -0.121. The highest BCUT2D eigenvalue weighted by Gasteiger charge is 2.82. The number of rotatable bonds is 5. The molecule has 0 saturated heterocycles. The lowest BCUT2D eigenvalue weighted by Gasteiger charge is -2.55. The van der Waals surface area contributed by atoms with Gasteiger partial charge in [0.15, 0.2) is 0 Å². The van der Waals surface area contributed by atoms with E-state index >= 15 is 0 Å². The normalized spacial score (nSPS) is 52.8. The van der Waals surface area contributed by atoms with Crippen molar-refractivity contribution in [2.45, 2.75) is 105 Å². The molecule has 0 aliphatic heterocycles. The van der Waals surface area contributed by atoms with Gasteiger partial charge in [-0.3, -0.25) is 4.79 Å². The smallest absolute Gasteiger partial charge is 0.137 e. The number of ketones is 1. The van der Waals surface area contributed by atoms with Crippen molar-refractivity contribution in [3.63, 3.8) is 0 Å². The monoisotopic (exact) mass is 384 g/mol. The van der Waals surface area contributed by atoms with Crippen LogP contribution in [0.2, 0.25) is 0 Å². The molecule has 0 amide bonds. The van der Waals surface area contributed by atoms with Crippen LogP contribution in [-0.4, -0.2) is 5.78 Å². The van der Waals surface area contributed by atoms with E-state index < -0.39 is 0 Å². The van der Waals surface area contributed by atoms with Crippen LogP contribution in [0.1, 0.15) is 105 Å². The molecule has 1 nitrogen and oxygen atoms in total. The van der Waals surface area contributed by atoms with Crippen LogP contribution in [-0.2, 0) is 4.79 Å². The summed E-state index contributed by atoms with van der Waals surface area (Å²) >= 11 is 0. The van der Waals surface area contributed by atoms with E-state index in [1.54, 1.807) is 0 Å². The van der Waals surface area contributed by atoms with Crippen LogP contribution >= 0.6 is 0 Å². The quantitative estimate of drug-likeness (QED) is 0.486. The highest BCUT2D eigenvalue weighted by atomic mass is 16.1. The minimum atomic E-state index is 0.396. The van der Waals surface area contributed by atoms with Gasteiger partial charge >= 0.3 is 0 Å². The van der Waals surface area contributed by atoms with Gasteiger partial charge in [0, 0.05) is 12.3 Å². The summed E-state index contributed by atoms with van der Waals surface area (Å²) in [5.74, 6) is 6.56. The van der Waals surface area contributed by atoms with E-state index in [2.05, 4.69) is 34.6 Å². The second-order valence-corrected chi connectivity index (χ2v) is 12.8. The summed E-state index contributed by atoms with van der Waals surface area (Å²) in [6.07, 6.45) is 15.1. The fraction of sp³-hybridized carbons (Fsp3) is 0.963. The second kappa shape index (κ2) is 6.34. The molecule has 5 fully saturated rings. The molecule has 0 aromatic carbocycles. The largest absolute Gasteiger partial charge is 0.299 e. The van der Waals surface area contributed by atoms with Gasteiger partial charge in [-0.05, 0) is 96.7 Å². The Labute approximate surface area is 173 Å². The molecule has 5 aliphatic rings. The Morgan fingerprint density at radius 1 is 0.929 bits per heavy atom. The first-order valence-electron chi connectivity index (χ1n) is 12.8. The summed E-state index contributed by atoms with van der Waals surface area (Å²) in [7, 11) is 0. The standard InChI is InChI=1S/C27H44O/c1-17(2)7-6-8-18(3)20-9-10-21-19-11-15-27-16-13-23(28)24(27)26(27,5)22(19)12-14-25(20,21)4/h17-22,24H,6-16H2,1-5H3/t18-,19+,20-,21-,22-,24+,25-,26+,27+/m1/s1. The summed E-state index contributed by atoms with van der Waals surface area (Å²) in [6.45, 7) is 12.6. The Morgan fingerprint density at radius 3 is 2.46 bits per heavy atom. The molecule has 5 rings (SSSR count). The van der Waals surface area contributed by atoms with Crippen LogP contribution in [0.4, 0.5) is 0 Å². The Hall–Kier alpha value is -0.330. The van der Waals surface area contributed by atoms with E-state index in [0.717, 1.165) is 41.9 Å². The van der Waals surface area contributed by atoms with E-state index in [1.165, 1.54) is 64.2 Å².